The SMILES string of the molecule is Cn1cnc(C(=O)N2CCCCC3(CO)CCN(CC3)C(=O)c3ccccc3OCC2)c1. The van der Waals surface area contributed by atoms with Crippen LogP contribution >= 0.6 is 0 Å². The third-order valence-electron chi connectivity index (χ3n) is 6.78. The number of aliphatic hydroxyl groups is 1. The Bertz CT molecular complexity index is 949. The number of nitrogens with zero attached hydrogens (tertiary/aromatic N) is 4. The van der Waals surface area contributed by atoms with E-state index in [-0.39, 0.29) is 23.8 Å². The Morgan fingerprint density at radius 2 is 1.91 bits per heavy atom. The Morgan fingerprint density at radius 3 is 2.62 bits per heavy atom. The van der Waals surface area contributed by atoms with E-state index in [2.05, 4.69) is 4.98 Å². The van der Waals surface area contributed by atoms with Gasteiger partial charge in [0.25, 0.3) is 11.8 Å². The molecule has 1 saturated heterocycles. The van der Waals surface area contributed by atoms with Gasteiger partial charge in [-0.25, -0.2) is 4.98 Å². The number of benzene rings is 1. The molecule has 2 amide bonds. The van der Waals surface area contributed by atoms with Crippen LogP contribution < -0.4 is 4.74 Å². The molecule has 0 atom stereocenters. The zero-order valence-electron chi connectivity index (χ0n) is 18.7. The maximum atomic E-state index is 13.2. The van der Waals surface area contributed by atoms with Crippen molar-refractivity contribution in [1.29, 1.82) is 0 Å². The number of aromatic nitrogens is 2. The maximum absolute atomic E-state index is 13.2. The van der Waals surface area contributed by atoms with E-state index in [1.807, 2.05) is 24.1 Å². The molecule has 8 nitrogen and oxygen atoms in total. The van der Waals surface area contributed by atoms with E-state index in [1.165, 1.54) is 0 Å². The first-order chi connectivity index (χ1) is 15.5. The molecule has 3 aliphatic heterocycles. The minimum Gasteiger partial charge on any atom is -0.491 e. The minimum atomic E-state index is -0.150. The van der Waals surface area contributed by atoms with Gasteiger partial charge in [-0.05, 0) is 43.2 Å². The summed E-state index contributed by atoms with van der Waals surface area (Å²) in [7, 11) is 1.84. The highest BCUT2D eigenvalue weighted by molar-refractivity contribution is 5.97. The molecule has 0 spiro atoms. The van der Waals surface area contributed by atoms with Gasteiger partial charge < -0.3 is 24.2 Å². The fourth-order valence-electron chi connectivity index (χ4n) is 4.68. The number of ether oxygens (including phenoxy) is 1. The van der Waals surface area contributed by atoms with Crippen LogP contribution in [0.2, 0.25) is 0 Å². The van der Waals surface area contributed by atoms with E-state index < -0.39 is 0 Å². The van der Waals surface area contributed by atoms with Crippen molar-refractivity contribution in [2.24, 2.45) is 12.5 Å². The number of piperidine rings is 1. The second-order valence-electron chi connectivity index (χ2n) is 8.97. The van der Waals surface area contributed by atoms with E-state index in [0.29, 0.717) is 49.8 Å². The fraction of sp³-hybridized carbons (Fsp3) is 0.542. The van der Waals surface area contributed by atoms with Crippen LogP contribution in [0, 0.1) is 5.41 Å². The van der Waals surface area contributed by atoms with E-state index >= 15 is 0 Å². The molecule has 172 valence electrons. The molecule has 0 radical (unpaired) electrons. The number of fused-ring (bicyclic) bond motifs is 9. The van der Waals surface area contributed by atoms with Crippen molar-refractivity contribution < 1.29 is 19.4 Å². The van der Waals surface area contributed by atoms with Crippen molar-refractivity contribution in [3.05, 3.63) is 48.0 Å². The van der Waals surface area contributed by atoms with Crippen LogP contribution in [0.1, 0.15) is 53.0 Å². The first-order valence-corrected chi connectivity index (χ1v) is 11.4. The number of carbonyl (C=O) groups is 2. The number of aliphatic hydroxyl groups excluding tert-OH is 1. The highest BCUT2D eigenvalue weighted by Gasteiger charge is 2.36. The van der Waals surface area contributed by atoms with Crippen molar-refractivity contribution in [1.82, 2.24) is 19.4 Å². The van der Waals surface area contributed by atoms with Crippen LogP contribution in [0.3, 0.4) is 0 Å². The van der Waals surface area contributed by atoms with Gasteiger partial charge >= 0.3 is 0 Å². The fourth-order valence-corrected chi connectivity index (χ4v) is 4.68. The summed E-state index contributed by atoms with van der Waals surface area (Å²) in [4.78, 5) is 34.1. The van der Waals surface area contributed by atoms with Crippen LogP contribution in [0.15, 0.2) is 36.8 Å². The number of carbonyl (C=O) groups excluding carboxylic acids is 2. The summed E-state index contributed by atoms with van der Waals surface area (Å²) in [6.07, 6.45) is 7.58. The molecule has 32 heavy (non-hydrogen) atoms. The number of aryl methyl sites for hydroxylation is 1. The van der Waals surface area contributed by atoms with Crippen LogP contribution in [-0.4, -0.2) is 75.7 Å². The number of hydrogen-bond donors (Lipinski definition) is 1. The lowest BCUT2D eigenvalue weighted by Gasteiger charge is -2.41. The Balaban J connectivity index is 1.57. The molecule has 8 heteroatoms. The third kappa shape index (κ3) is 4.80. The summed E-state index contributed by atoms with van der Waals surface area (Å²) in [6, 6.07) is 7.29. The van der Waals surface area contributed by atoms with Gasteiger partial charge in [0, 0.05) is 39.5 Å². The zero-order chi connectivity index (χ0) is 22.6. The Morgan fingerprint density at radius 1 is 1.12 bits per heavy atom. The van der Waals surface area contributed by atoms with Gasteiger partial charge in [-0.2, -0.15) is 0 Å². The summed E-state index contributed by atoms with van der Waals surface area (Å²) in [5.74, 6) is 0.381. The number of hydrogen-bond acceptors (Lipinski definition) is 5. The lowest BCUT2D eigenvalue weighted by Crippen LogP contribution is -2.44. The molecule has 1 N–H and O–H groups in total. The number of imidazole rings is 1. The summed E-state index contributed by atoms with van der Waals surface area (Å²) < 4.78 is 7.76. The molecular formula is C24H32N4O4. The smallest absolute Gasteiger partial charge is 0.274 e. The molecule has 1 aromatic carbocycles. The molecule has 1 aromatic heterocycles. The summed E-state index contributed by atoms with van der Waals surface area (Å²) >= 11 is 0. The van der Waals surface area contributed by atoms with Crippen molar-refractivity contribution in [2.45, 2.75) is 32.1 Å². The monoisotopic (exact) mass is 440 g/mol. The minimum absolute atomic E-state index is 0.0385. The topological polar surface area (TPSA) is 87.9 Å². The molecule has 1 fully saturated rings. The quantitative estimate of drug-likeness (QED) is 0.775. The lowest BCUT2D eigenvalue weighted by atomic mass is 9.75. The van der Waals surface area contributed by atoms with Crippen LogP contribution in [0.25, 0.3) is 0 Å². The average molecular weight is 441 g/mol. The van der Waals surface area contributed by atoms with Gasteiger partial charge in [0.1, 0.15) is 18.1 Å². The number of rotatable bonds is 2. The van der Waals surface area contributed by atoms with Gasteiger partial charge in [-0.3, -0.25) is 9.59 Å². The maximum Gasteiger partial charge on any atom is 0.274 e. The largest absolute Gasteiger partial charge is 0.491 e. The van der Waals surface area contributed by atoms with Crippen molar-refractivity contribution in [3.63, 3.8) is 0 Å². The lowest BCUT2D eigenvalue weighted by molar-refractivity contribution is 0.0297. The molecule has 5 rings (SSSR count). The van der Waals surface area contributed by atoms with E-state index in [4.69, 9.17) is 4.74 Å². The first kappa shape index (κ1) is 22.3. The second kappa shape index (κ2) is 9.73. The van der Waals surface area contributed by atoms with Gasteiger partial charge in [0.15, 0.2) is 0 Å². The van der Waals surface area contributed by atoms with Crippen LogP contribution in [-0.2, 0) is 7.05 Å². The predicted octanol–water partition coefficient (Wildman–Crippen LogP) is 2.34. The van der Waals surface area contributed by atoms with Gasteiger partial charge in [-0.1, -0.05) is 18.6 Å². The predicted molar refractivity (Wildman–Crippen MR) is 120 cm³/mol. The highest BCUT2D eigenvalue weighted by Crippen LogP contribution is 2.37. The average Bonchev–Trinajstić information content (AvgIpc) is 3.26. The first-order valence-electron chi connectivity index (χ1n) is 11.4. The molecule has 0 unspecified atom stereocenters. The molecule has 0 saturated carbocycles. The van der Waals surface area contributed by atoms with E-state index in [9.17, 15) is 14.7 Å². The Kier molecular flexibility index (Phi) is 6.79. The molecule has 2 bridgehead atoms. The molecule has 4 heterocycles. The molecule has 2 aromatic rings. The number of para-hydroxylation sites is 1. The standard InChI is InChI=1S/C24H32N4O4/c1-26-16-20(25-18-26)23(31)27-11-5-4-8-24(17-29)9-12-28(13-10-24)22(30)19-6-2-3-7-21(19)32-15-14-27/h2-3,6-7,16,18,29H,4-5,8-15,17H2,1H3. The highest BCUT2D eigenvalue weighted by atomic mass is 16.5. The van der Waals surface area contributed by atoms with Crippen molar-refractivity contribution in [3.8, 4) is 5.75 Å². The van der Waals surface area contributed by atoms with Gasteiger partial charge in [0.2, 0.25) is 0 Å². The molecular weight excluding hydrogens is 408 g/mol. The van der Waals surface area contributed by atoms with Crippen molar-refractivity contribution in [2.75, 3.05) is 39.4 Å². The summed E-state index contributed by atoms with van der Waals surface area (Å²) in [6.45, 7) is 2.71. The third-order valence-corrected chi connectivity index (χ3v) is 6.78. The summed E-state index contributed by atoms with van der Waals surface area (Å²) in [5.41, 5.74) is 0.809. The molecule has 0 aliphatic carbocycles. The summed E-state index contributed by atoms with van der Waals surface area (Å²) in [5, 5.41) is 10.1. The van der Waals surface area contributed by atoms with E-state index in [1.54, 1.807) is 34.1 Å². The normalized spacial score (nSPS) is 19.6. The Labute approximate surface area is 188 Å². The van der Waals surface area contributed by atoms with Crippen LogP contribution in [0.5, 0.6) is 5.75 Å². The van der Waals surface area contributed by atoms with Crippen molar-refractivity contribution >= 4 is 11.8 Å². The Hall–Kier alpha value is -2.87. The molecule has 3 aliphatic rings. The van der Waals surface area contributed by atoms with Crippen LogP contribution in [0.4, 0.5) is 0 Å². The number of amides is 2. The van der Waals surface area contributed by atoms with Gasteiger partial charge in [0.05, 0.1) is 18.4 Å². The zero-order valence-corrected chi connectivity index (χ0v) is 18.7. The second-order valence-corrected chi connectivity index (χ2v) is 8.97. The van der Waals surface area contributed by atoms with Gasteiger partial charge in [-0.15, -0.1) is 0 Å². The van der Waals surface area contributed by atoms with E-state index in [0.717, 1.165) is 32.1 Å².